The van der Waals surface area contributed by atoms with Gasteiger partial charge in [-0.1, -0.05) is 48.5 Å². The Bertz CT molecular complexity index is 834. The third-order valence-corrected chi connectivity index (χ3v) is 4.61. The summed E-state index contributed by atoms with van der Waals surface area (Å²) < 4.78 is 0. The van der Waals surface area contributed by atoms with Gasteiger partial charge in [0.15, 0.2) is 0 Å². The predicted molar refractivity (Wildman–Crippen MR) is 98.8 cm³/mol. The minimum atomic E-state index is -0.894. The highest BCUT2D eigenvalue weighted by molar-refractivity contribution is 8.18. The van der Waals surface area contributed by atoms with Crippen LogP contribution < -0.4 is 5.32 Å². The number of hydrogen-bond acceptors (Lipinski definition) is 4. The number of anilines is 1. The maximum atomic E-state index is 12.6. The van der Waals surface area contributed by atoms with E-state index in [9.17, 15) is 14.4 Å². The van der Waals surface area contributed by atoms with Gasteiger partial charge in [0.05, 0.1) is 4.91 Å². The van der Waals surface area contributed by atoms with Crippen molar-refractivity contribution < 1.29 is 14.4 Å². The van der Waals surface area contributed by atoms with Crippen LogP contribution in [0.25, 0.3) is 6.08 Å². The molecule has 1 heterocycles. The lowest BCUT2D eigenvalue weighted by molar-refractivity contribution is -0.130. The molecule has 126 valence electrons. The number of para-hydroxylation sites is 1. The van der Waals surface area contributed by atoms with Crippen molar-refractivity contribution in [2.75, 3.05) is 5.32 Å². The smallest absolute Gasteiger partial charge is 0.294 e. The summed E-state index contributed by atoms with van der Waals surface area (Å²) in [6, 6.07) is 17.3. The van der Waals surface area contributed by atoms with E-state index in [1.54, 1.807) is 37.3 Å². The Morgan fingerprint density at radius 3 is 2.28 bits per heavy atom. The van der Waals surface area contributed by atoms with Crippen molar-refractivity contribution in [2.45, 2.75) is 13.0 Å². The summed E-state index contributed by atoms with van der Waals surface area (Å²) in [6.07, 6.45) is 1.66. The number of amides is 3. The number of nitrogens with one attached hydrogen (secondary N) is 1. The number of nitrogens with zero attached hydrogens (tertiary/aromatic N) is 1. The summed E-state index contributed by atoms with van der Waals surface area (Å²) in [5.74, 6) is -0.857. The van der Waals surface area contributed by atoms with Gasteiger partial charge in [0.1, 0.15) is 6.04 Å². The maximum absolute atomic E-state index is 12.6. The predicted octanol–water partition coefficient (Wildman–Crippen LogP) is 3.75. The largest absolute Gasteiger partial charge is 0.324 e. The molecule has 0 spiro atoms. The fraction of sp³-hybridized carbons (Fsp3) is 0.105. The Balaban J connectivity index is 1.75. The van der Waals surface area contributed by atoms with Crippen LogP contribution in [0.4, 0.5) is 10.5 Å². The third kappa shape index (κ3) is 3.80. The molecule has 0 saturated carbocycles. The van der Waals surface area contributed by atoms with Gasteiger partial charge in [-0.25, -0.2) is 0 Å². The van der Waals surface area contributed by atoms with E-state index in [1.807, 2.05) is 36.4 Å². The van der Waals surface area contributed by atoms with Crippen LogP contribution >= 0.6 is 11.8 Å². The van der Waals surface area contributed by atoms with E-state index in [-0.39, 0.29) is 0 Å². The summed E-state index contributed by atoms with van der Waals surface area (Å²) in [5.41, 5.74) is 1.44. The van der Waals surface area contributed by atoms with Crippen LogP contribution in [0.5, 0.6) is 0 Å². The third-order valence-electron chi connectivity index (χ3n) is 3.73. The van der Waals surface area contributed by atoms with Crippen LogP contribution in [0.15, 0.2) is 65.6 Å². The first kappa shape index (κ1) is 17.0. The molecule has 0 radical (unpaired) electrons. The zero-order valence-electron chi connectivity index (χ0n) is 13.5. The molecule has 1 atom stereocenters. The molecule has 5 nitrogen and oxygen atoms in total. The molecule has 6 heteroatoms. The summed E-state index contributed by atoms with van der Waals surface area (Å²) in [6.45, 7) is 1.54. The van der Waals surface area contributed by atoms with Crippen molar-refractivity contribution in [3.05, 3.63) is 71.1 Å². The highest BCUT2D eigenvalue weighted by Crippen LogP contribution is 2.33. The lowest BCUT2D eigenvalue weighted by atomic mass is 10.2. The molecule has 1 saturated heterocycles. The zero-order valence-corrected chi connectivity index (χ0v) is 14.3. The van der Waals surface area contributed by atoms with E-state index in [1.165, 1.54) is 0 Å². The lowest BCUT2D eigenvalue weighted by Crippen LogP contribution is -2.44. The highest BCUT2D eigenvalue weighted by atomic mass is 32.2. The van der Waals surface area contributed by atoms with E-state index in [2.05, 4.69) is 5.32 Å². The number of carbonyl (C=O) groups excluding carboxylic acids is 3. The van der Waals surface area contributed by atoms with Gasteiger partial charge in [0, 0.05) is 5.69 Å². The summed E-state index contributed by atoms with van der Waals surface area (Å²) >= 11 is 0.847. The van der Waals surface area contributed by atoms with Gasteiger partial charge < -0.3 is 5.32 Å². The van der Waals surface area contributed by atoms with E-state index in [0.29, 0.717) is 10.6 Å². The molecule has 0 aromatic heterocycles. The standard InChI is InChI=1S/C19H16N2O3S/c1-13(17(22)20-15-10-6-3-7-11-15)21-18(23)16(25-19(21)24)12-14-8-4-2-5-9-14/h2-13H,1H3,(H,20,22). The maximum Gasteiger partial charge on any atom is 0.294 e. The van der Waals surface area contributed by atoms with Crippen LogP contribution in [-0.4, -0.2) is 28.0 Å². The van der Waals surface area contributed by atoms with Crippen molar-refractivity contribution in [2.24, 2.45) is 0 Å². The molecule has 1 unspecified atom stereocenters. The molecule has 3 amide bonds. The number of imide groups is 1. The van der Waals surface area contributed by atoms with Crippen LogP contribution in [0.2, 0.25) is 0 Å². The Hall–Kier alpha value is -2.86. The number of benzene rings is 2. The second kappa shape index (κ2) is 7.36. The second-order valence-corrected chi connectivity index (χ2v) is 6.49. The van der Waals surface area contributed by atoms with Gasteiger partial charge in [-0.15, -0.1) is 0 Å². The van der Waals surface area contributed by atoms with E-state index < -0.39 is 23.1 Å². The van der Waals surface area contributed by atoms with Gasteiger partial charge in [-0.3, -0.25) is 19.3 Å². The van der Waals surface area contributed by atoms with Crippen LogP contribution in [0.1, 0.15) is 12.5 Å². The molecule has 1 aliphatic heterocycles. The molecule has 1 fully saturated rings. The Labute approximate surface area is 149 Å². The van der Waals surface area contributed by atoms with Gasteiger partial charge in [0.2, 0.25) is 5.91 Å². The normalized spacial score (nSPS) is 17.0. The Morgan fingerprint density at radius 1 is 1.04 bits per heavy atom. The quantitative estimate of drug-likeness (QED) is 0.851. The van der Waals surface area contributed by atoms with E-state index in [4.69, 9.17) is 0 Å². The first-order valence-corrected chi connectivity index (χ1v) is 8.56. The van der Waals surface area contributed by atoms with Crippen molar-refractivity contribution >= 4 is 40.6 Å². The van der Waals surface area contributed by atoms with E-state index in [0.717, 1.165) is 22.2 Å². The first-order valence-electron chi connectivity index (χ1n) is 7.74. The summed E-state index contributed by atoms with van der Waals surface area (Å²) in [4.78, 5) is 38.5. The highest BCUT2D eigenvalue weighted by Gasteiger charge is 2.40. The number of carbonyl (C=O) groups is 3. The molecule has 3 rings (SSSR count). The van der Waals surface area contributed by atoms with Gasteiger partial charge in [-0.05, 0) is 42.5 Å². The lowest BCUT2D eigenvalue weighted by Gasteiger charge is -2.20. The Kier molecular flexibility index (Phi) is 5.00. The fourth-order valence-corrected chi connectivity index (χ4v) is 3.31. The van der Waals surface area contributed by atoms with Crippen LogP contribution in [0.3, 0.4) is 0 Å². The van der Waals surface area contributed by atoms with Crippen LogP contribution in [-0.2, 0) is 9.59 Å². The molecular formula is C19H16N2O3S. The van der Waals surface area contributed by atoms with Crippen LogP contribution in [0, 0.1) is 0 Å². The van der Waals surface area contributed by atoms with Gasteiger partial charge in [-0.2, -0.15) is 0 Å². The molecule has 2 aromatic carbocycles. The first-order chi connectivity index (χ1) is 12.1. The number of hydrogen-bond donors (Lipinski definition) is 1. The SMILES string of the molecule is CC(C(=O)Nc1ccccc1)N1C(=O)SC(=Cc2ccccc2)C1=O. The van der Waals surface area contributed by atoms with Crippen molar-refractivity contribution in [3.8, 4) is 0 Å². The van der Waals surface area contributed by atoms with Gasteiger partial charge in [0.25, 0.3) is 11.1 Å². The fourth-order valence-electron chi connectivity index (χ4n) is 2.40. The Morgan fingerprint density at radius 2 is 1.64 bits per heavy atom. The minimum absolute atomic E-state index is 0.315. The number of rotatable bonds is 4. The number of thioether (sulfide) groups is 1. The molecule has 0 aliphatic carbocycles. The van der Waals surface area contributed by atoms with Crippen molar-refractivity contribution in [3.63, 3.8) is 0 Å². The molecule has 2 aromatic rings. The second-order valence-electron chi connectivity index (χ2n) is 5.49. The molecular weight excluding hydrogens is 336 g/mol. The van der Waals surface area contributed by atoms with E-state index >= 15 is 0 Å². The average molecular weight is 352 g/mol. The topological polar surface area (TPSA) is 66.5 Å². The van der Waals surface area contributed by atoms with Gasteiger partial charge >= 0.3 is 0 Å². The average Bonchev–Trinajstić information content (AvgIpc) is 2.89. The molecule has 0 bridgehead atoms. The van der Waals surface area contributed by atoms with Crippen molar-refractivity contribution in [1.82, 2.24) is 4.90 Å². The molecule has 1 N–H and O–H groups in total. The minimum Gasteiger partial charge on any atom is -0.324 e. The monoisotopic (exact) mass is 352 g/mol. The summed E-state index contributed by atoms with van der Waals surface area (Å²) in [5, 5.41) is 2.27. The summed E-state index contributed by atoms with van der Waals surface area (Å²) in [7, 11) is 0. The molecule has 1 aliphatic rings. The molecule has 25 heavy (non-hydrogen) atoms. The van der Waals surface area contributed by atoms with Crippen molar-refractivity contribution in [1.29, 1.82) is 0 Å². The zero-order chi connectivity index (χ0) is 17.8.